The van der Waals surface area contributed by atoms with Crippen LogP contribution in [0, 0.1) is 0 Å². The molecular formula is C102H80BN5O. The number of nitrogens with zero attached hydrogens (tertiary/aromatic N) is 5. The molecule has 15 aromatic carbocycles. The molecule has 0 atom stereocenters. The van der Waals surface area contributed by atoms with Crippen LogP contribution in [-0.2, 0) is 16.2 Å². The summed E-state index contributed by atoms with van der Waals surface area (Å²) in [6.45, 7) is 19.8. The lowest BCUT2D eigenvalue weighted by Crippen LogP contribution is -2.61. The third-order valence-electron chi connectivity index (χ3n) is 23.1. The maximum atomic E-state index is 9.96. The summed E-state index contributed by atoms with van der Waals surface area (Å²) in [5.41, 5.74) is 25.3. The first-order valence-electron chi connectivity index (χ1n) is 41.8. The van der Waals surface area contributed by atoms with Gasteiger partial charge in [0, 0.05) is 88.6 Å². The molecule has 0 saturated carbocycles. The fourth-order valence-corrected chi connectivity index (χ4v) is 17.8. The maximum absolute atomic E-state index is 9.96. The molecule has 0 amide bonds. The van der Waals surface area contributed by atoms with Gasteiger partial charge in [0.2, 0.25) is 0 Å². The van der Waals surface area contributed by atoms with Gasteiger partial charge in [0.25, 0.3) is 6.71 Å². The first kappa shape index (κ1) is 56.5. The molecule has 21 rings (SSSR count). The van der Waals surface area contributed by atoms with Crippen molar-refractivity contribution in [3.8, 4) is 50.4 Å². The molecule has 2 aliphatic rings. The van der Waals surface area contributed by atoms with Gasteiger partial charge in [-0.1, -0.05) is 268 Å². The average Bonchev–Trinajstić information content (AvgIpc) is 1.57. The Morgan fingerprint density at radius 3 is 1.28 bits per heavy atom. The fourth-order valence-electron chi connectivity index (χ4n) is 17.8. The van der Waals surface area contributed by atoms with Crippen molar-refractivity contribution in [1.82, 2.24) is 13.7 Å². The highest BCUT2D eigenvalue weighted by Gasteiger charge is 2.46. The second-order valence-corrected chi connectivity index (χ2v) is 32.6. The molecule has 0 spiro atoms. The van der Waals surface area contributed by atoms with E-state index in [2.05, 4.69) is 342 Å². The number of fused-ring (bicyclic) bond motifs is 16. The minimum Gasteiger partial charge on any atom is -0.456 e. The third kappa shape index (κ3) is 9.88. The molecule has 4 aromatic heterocycles. The Balaban J connectivity index is 0.964. The van der Waals surface area contributed by atoms with Crippen LogP contribution >= 0.6 is 0 Å². The topological polar surface area (TPSA) is 34.4 Å². The summed E-state index contributed by atoms with van der Waals surface area (Å²) in [5.74, 6) is 0. The van der Waals surface area contributed by atoms with E-state index >= 15 is 0 Å². The molecule has 7 heteroatoms. The Hall–Kier alpha value is -12.8. The molecule has 0 fully saturated rings. The van der Waals surface area contributed by atoms with Crippen LogP contribution < -0.4 is 26.2 Å². The lowest BCUT2D eigenvalue weighted by molar-refractivity contribution is 0.590. The van der Waals surface area contributed by atoms with Gasteiger partial charge in [0.15, 0.2) is 0 Å². The van der Waals surface area contributed by atoms with Gasteiger partial charge < -0.3 is 27.9 Å². The van der Waals surface area contributed by atoms with E-state index in [-0.39, 0.29) is 50.1 Å². The second kappa shape index (κ2) is 23.8. The molecule has 0 bridgehead atoms. The molecule has 109 heavy (non-hydrogen) atoms. The Bertz CT molecular complexity index is 7340. The van der Waals surface area contributed by atoms with Gasteiger partial charge in [-0.15, -0.1) is 0 Å². The summed E-state index contributed by atoms with van der Waals surface area (Å²) < 4.78 is 89.9. The highest BCUT2D eigenvalue weighted by Crippen LogP contribution is 2.56. The van der Waals surface area contributed by atoms with E-state index in [1.165, 1.54) is 27.5 Å². The van der Waals surface area contributed by atoms with Gasteiger partial charge >= 0.3 is 0 Å². The smallest absolute Gasteiger partial charge is 0.252 e. The van der Waals surface area contributed by atoms with E-state index in [9.17, 15) is 8.22 Å². The van der Waals surface area contributed by atoms with Crippen LogP contribution in [0.4, 0.5) is 34.1 Å². The van der Waals surface area contributed by atoms with E-state index in [4.69, 9.17) is 7.16 Å². The Morgan fingerprint density at radius 2 is 0.725 bits per heavy atom. The lowest BCUT2D eigenvalue weighted by atomic mass is 9.33. The van der Waals surface area contributed by atoms with Crippen LogP contribution in [0.25, 0.3) is 138 Å². The van der Waals surface area contributed by atoms with Crippen molar-refractivity contribution in [3.05, 3.63) is 338 Å². The molecule has 0 aliphatic carbocycles. The molecule has 0 saturated heterocycles. The molecule has 2 aliphatic heterocycles. The van der Waals surface area contributed by atoms with E-state index in [0.29, 0.717) is 5.69 Å². The quantitative estimate of drug-likeness (QED) is 0.142. The normalized spacial score (nSPS) is 14.2. The zero-order valence-corrected chi connectivity index (χ0v) is 62.2. The van der Waals surface area contributed by atoms with Gasteiger partial charge in [0.1, 0.15) is 11.2 Å². The maximum Gasteiger partial charge on any atom is 0.252 e. The summed E-state index contributed by atoms with van der Waals surface area (Å²) in [6.07, 6.45) is 0. The van der Waals surface area contributed by atoms with E-state index < -0.39 is 43.0 Å². The Kier molecular flexibility index (Phi) is 12.4. The zero-order valence-electron chi connectivity index (χ0n) is 70.2. The van der Waals surface area contributed by atoms with Crippen molar-refractivity contribution in [2.24, 2.45) is 0 Å². The number of hydrogen-bond donors (Lipinski definition) is 0. The van der Waals surface area contributed by atoms with Crippen molar-refractivity contribution >= 4 is 145 Å². The number of rotatable bonds is 8. The summed E-state index contributed by atoms with van der Waals surface area (Å²) in [6, 6.07) is 95.3. The number of benzene rings is 15. The molecule has 0 unspecified atom stereocenters. The summed E-state index contributed by atoms with van der Waals surface area (Å²) in [4.78, 5) is 5.01. The highest BCUT2D eigenvalue weighted by atomic mass is 16.3. The van der Waals surface area contributed by atoms with Gasteiger partial charge in [0.05, 0.1) is 60.8 Å². The minimum absolute atomic E-state index is 0.000489. The monoisotopic (exact) mass is 1410 g/mol. The van der Waals surface area contributed by atoms with E-state index in [1.54, 1.807) is 4.57 Å². The van der Waals surface area contributed by atoms with Gasteiger partial charge in [-0.05, 0) is 187 Å². The van der Waals surface area contributed by atoms with Crippen LogP contribution in [0.15, 0.2) is 326 Å². The van der Waals surface area contributed by atoms with Crippen molar-refractivity contribution in [1.29, 1.82) is 0 Å². The van der Waals surface area contributed by atoms with E-state index in [0.717, 1.165) is 150 Å². The summed E-state index contributed by atoms with van der Waals surface area (Å²) >= 11 is 0. The predicted molar refractivity (Wildman–Crippen MR) is 463 cm³/mol. The molecular weight excluding hydrogens is 1320 g/mol. The number of anilines is 6. The minimum atomic E-state index is -0.558. The standard InChI is InChI=1S/C102H80BN5O/c1-100(2,3)67-41-45-70(46-42-67)104-85-39-25-21-35-77(85)95-88(104)55-49-73(64-29-15-11-16-30-64)98(95)107-89-61-71(105-83-37-23-19-33-75(83)76-34-20-24-38-84(76)105)47-51-81(89)103-82-52-48-72(106-86-53-43-68(101(4,5)6)59-79(86)80-60-69(102(7,8)9)44-54-87(80)106)62-90(82)108(92-58-66(57-91(107)97(92)103)63-27-13-10-14-28-63)99-74(65-31-17-12-18-32-65)50-56-94-96(99)78-36-22-26-40-93(78)109-94/h10-62H,1-9H3/i19D,20D,23D,24D,33D,34D,37D,38D. The van der Waals surface area contributed by atoms with Crippen molar-refractivity contribution in [3.63, 3.8) is 0 Å². The zero-order chi connectivity index (χ0) is 80.5. The van der Waals surface area contributed by atoms with Gasteiger partial charge in [-0.25, -0.2) is 0 Å². The Morgan fingerprint density at radius 1 is 0.294 bits per heavy atom. The molecule has 6 nitrogen and oxygen atoms in total. The first-order valence-corrected chi connectivity index (χ1v) is 37.8. The van der Waals surface area contributed by atoms with Crippen LogP contribution in [0.2, 0.25) is 0 Å². The van der Waals surface area contributed by atoms with Gasteiger partial charge in [-0.3, -0.25) is 0 Å². The number of furan rings is 1. The molecule has 0 radical (unpaired) electrons. The third-order valence-corrected chi connectivity index (χ3v) is 23.1. The largest absolute Gasteiger partial charge is 0.456 e. The van der Waals surface area contributed by atoms with Crippen LogP contribution in [0.1, 0.15) is 90.0 Å². The number of aromatic nitrogens is 3. The molecule has 0 N–H and O–H groups in total. The van der Waals surface area contributed by atoms with Gasteiger partial charge in [-0.2, -0.15) is 0 Å². The van der Waals surface area contributed by atoms with E-state index in [1.807, 2.05) is 12.1 Å². The van der Waals surface area contributed by atoms with Crippen molar-refractivity contribution < 1.29 is 15.4 Å². The number of para-hydroxylation sites is 4. The number of hydrogen-bond acceptors (Lipinski definition) is 3. The van der Waals surface area contributed by atoms with Crippen molar-refractivity contribution in [2.45, 2.75) is 78.6 Å². The van der Waals surface area contributed by atoms with Crippen molar-refractivity contribution in [2.75, 3.05) is 9.80 Å². The summed E-state index contributed by atoms with van der Waals surface area (Å²) in [5, 5.41) is 6.21. The average molecular weight is 1410 g/mol. The lowest BCUT2D eigenvalue weighted by Gasteiger charge is -2.45. The highest BCUT2D eigenvalue weighted by molar-refractivity contribution is 7.00. The second-order valence-electron chi connectivity index (χ2n) is 32.6. The molecule has 19 aromatic rings. The SMILES string of the molecule is [2H]c1c([2H])c([2H])c2c(c1[2H])c1c([2H])c([2H])c([2H])c([2H])c1n2-c1ccc2c(c1)N(c1c(-c3ccccc3)ccc3c1c1ccccc1n3-c1ccc(C(C)(C)C)cc1)c1cc(-c3ccccc3)cc3c1B2c1ccc(-n2c4ccc(C(C)(C)C)cc4c4cc(C(C)(C)C)ccc42)cc1N3c1c(-c2ccccc2)ccc2oc3ccccc3c12. The molecule has 6 heterocycles. The Labute approximate surface area is 646 Å². The first-order chi connectivity index (χ1) is 56.3. The van der Waals surface area contributed by atoms with Crippen LogP contribution in [0.3, 0.4) is 0 Å². The fraction of sp³-hybridized carbons (Fsp3) is 0.118. The molecule has 522 valence electrons. The van der Waals surface area contributed by atoms with Crippen LogP contribution in [0.5, 0.6) is 0 Å². The van der Waals surface area contributed by atoms with Crippen LogP contribution in [-0.4, -0.2) is 20.4 Å². The summed E-state index contributed by atoms with van der Waals surface area (Å²) in [7, 11) is 0. The predicted octanol–water partition coefficient (Wildman–Crippen LogP) is 25.9.